The number of aromatic amines is 1. The number of aromatic nitrogens is 5. The molecule has 0 spiro atoms. The number of nitrogens with one attached hydrogen (secondary N) is 1. The largest absolute Gasteiger partial charge is 0.496 e. The number of halogens is 1. The molecule has 0 aliphatic carbocycles. The highest BCUT2D eigenvalue weighted by Crippen LogP contribution is 2.32. The van der Waals surface area contributed by atoms with Crippen LogP contribution < -0.4 is 15.2 Å². The fourth-order valence-corrected chi connectivity index (χ4v) is 3.15. The normalized spacial score (nSPS) is 11.2. The van der Waals surface area contributed by atoms with Crippen molar-refractivity contribution in [1.29, 1.82) is 0 Å². The van der Waals surface area contributed by atoms with Crippen LogP contribution in [0.2, 0.25) is 5.02 Å². The van der Waals surface area contributed by atoms with Gasteiger partial charge in [-0.25, -0.2) is 9.78 Å². The zero-order valence-corrected chi connectivity index (χ0v) is 14.7. The molecule has 0 aliphatic heterocycles. The van der Waals surface area contributed by atoms with Crippen LogP contribution in [0.3, 0.4) is 0 Å². The Balaban J connectivity index is 2.07. The first kappa shape index (κ1) is 16.3. The van der Waals surface area contributed by atoms with Crippen molar-refractivity contribution >= 4 is 33.7 Å². The summed E-state index contributed by atoms with van der Waals surface area (Å²) in [6.45, 7) is 2.24. The molecule has 0 unspecified atom stereocenters. The Morgan fingerprint density at radius 1 is 1.27 bits per heavy atom. The molecular formula is C17H14ClN5O3. The number of H-pyrrole nitrogens is 1. The van der Waals surface area contributed by atoms with E-state index in [1.165, 1.54) is 10.9 Å². The average molecular weight is 372 g/mol. The van der Waals surface area contributed by atoms with E-state index < -0.39 is 0 Å². The number of rotatable bonds is 4. The number of fused-ring (bicyclic) bond motifs is 2. The molecule has 0 radical (unpaired) electrons. The summed E-state index contributed by atoms with van der Waals surface area (Å²) in [6.07, 6.45) is 2.96. The summed E-state index contributed by atoms with van der Waals surface area (Å²) in [5, 5.41) is 1.08. The lowest BCUT2D eigenvalue weighted by Crippen LogP contribution is -2.15. The van der Waals surface area contributed by atoms with Gasteiger partial charge in [0.2, 0.25) is 5.88 Å². The molecular weight excluding hydrogens is 358 g/mol. The number of imidazole rings is 1. The van der Waals surface area contributed by atoms with Gasteiger partial charge in [0.1, 0.15) is 12.1 Å². The van der Waals surface area contributed by atoms with E-state index in [4.69, 9.17) is 21.1 Å². The lowest BCUT2D eigenvalue weighted by molar-refractivity contribution is 0.329. The highest BCUT2D eigenvalue weighted by Gasteiger charge is 2.18. The second kappa shape index (κ2) is 6.30. The first-order valence-corrected chi connectivity index (χ1v) is 8.23. The van der Waals surface area contributed by atoms with Crippen molar-refractivity contribution in [3.05, 3.63) is 46.2 Å². The van der Waals surface area contributed by atoms with Crippen LogP contribution in [0.1, 0.15) is 6.92 Å². The Hall–Kier alpha value is -3.13. The third kappa shape index (κ3) is 2.46. The molecule has 0 bridgehead atoms. The first-order valence-electron chi connectivity index (χ1n) is 7.85. The summed E-state index contributed by atoms with van der Waals surface area (Å²) in [7, 11) is 1.56. The quantitative estimate of drug-likeness (QED) is 0.592. The number of ether oxygens (including phenoxy) is 2. The lowest BCUT2D eigenvalue weighted by Gasteiger charge is -2.11. The molecule has 4 rings (SSSR count). The zero-order valence-electron chi connectivity index (χ0n) is 14.0. The standard InChI is InChI=1S/C17H14ClN5O3/c1-3-26-16-14-15(20-8-21-16)22-17(24)23(14)9-6-10-12(25-2)4-5-19-13(10)11(18)7-9/h4-8H,3H2,1-2H3,(H,20,21,22,24). The van der Waals surface area contributed by atoms with Crippen molar-refractivity contribution < 1.29 is 9.47 Å². The second-order valence-corrected chi connectivity index (χ2v) is 5.82. The van der Waals surface area contributed by atoms with E-state index in [1.54, 1.807) is 31.5 Å². The third-order valence-electron chi connectivity index (χ3n) is 3.94. The van der Waals surface area contributed by atoms with Crippen molar-refractivity contribution in [1.82, 2.24) is 24.5 Å². The maximum Gasteiger partial charge on any atom is 0.332 e. The highest BCUT2D eigenvalue weighted by molar-refractivity contribution is 6.35. The second-order valence-electron chi connectivity index (χ2n) is 5.41. The van der Waals surface area contributed by atoms with Crippen LogP contribution in [0, 0.1) is 0 Å². The summed E-state index contributed by atoms with van der Waals surface area (Å²) >= 11 is 6.41. The van der Waals surface area contributed by atoms with Gasteiger partial charge in [0.05, 0.1) is 29.9 Å². The molecule has 0 fully saturated rings. The number of hydrogen-bond acceptors (Lipinski definition) is 6. The molecule has 26 heavy (non-hydrogen) atoms. The molecule has 4 aromatic rings. The van der Waals surface area contributed by atoms with Gasteiger partial charge in [-0.1, -0.05) is 11.6 Å². The van der Waals surface area contributed by atoms with Crippen LogP contribution in [0.5, 0.6) is 11.6 Å². The molecule has 1 aromatic carbocycles. The van der Waals surface area contributed by atoms with Gasteiger partial charge in [-0.2, -0.15) is 4.98 Å². The van der Waals surface area contributed by atoms with Crippen LogP contribution in [0.4, 0.5) is 0 Å². The Labute approximate surface area is 152 Å². The first-order chi connectivity index (χ1) is 12.6. The van der Waals surface area contributed by atoms with E-state index in [0.29, 0.717) is 51.0 Å². The third-order valence-corrected chi connectivity index (χ3v) is 4.23. The van der Waals surface area contributed by atoms with Gasteiger partial charge in [-0.05, 0) is 25.1 Å². The molecule has 0 amide bonds. The van der Waals surface area contributed by atoms with Gasteiger partial charge in [-0.3, -0.25) is 14.5 Å². The molecule has 3 heterocycles. The molecule has 0 aliphatic rings. The zero-order chi connectivity index (χ0) is 18.3. The lowest BCUT2D eigenvalue weighted by atomic mass is 10.1. The van der Waals surface area contributed by atoms with Crippen molar-refractivity contribution in [3.8, 4) is 17.3 Å². The number of pyridine rings is 1. The van der Waals surface area contributed by atoms with E-state index in [2.05, 4.69) is 19.9 Å². The Morgan fingerprint density at radius 3 is 2.88 bits per heavy atom. The van der Waals surface area contributed by atoms with Crippen molar-refractivity contribution in [3.63, 3.8) is 0 Å². The highest BCUT2D eigenvalue weighted by atomic mass is 35.5. The van der Waals surface area contributed by atoms with Gasteiger partial charge >= 0.3 is 5.69 Å². The van der Waals surface area contributed by atoms with Crippen molar-refractivity contribution in [2.75, 3.05) is 13.7 Å². The summed E-state index contributed by atoms with van der Waals surface area (Å²) in [4.78, 5) is 27.8. The van der Waals surface area contributed by atoms with E-state index in [-0.39, 0.29) is 5.69 Å². The summed E-state index contributed by atoms with van der Waals surface area (Å²) in [5.41, 5.74) is 1.56. The van der Waals surface area contributed by atoms with E-state index in [0.717, 1.165) is 0 Å². The molecule has 0 atom stereocenters. The van der Waals surface area contributed by atoms with Crippen molar-refractivity contribution in [2.24, 2.45) is 0 Å². The molecule has 0 saturated heterocycles. The Kier molecular flexibility index (Phi) is 3.96. The Bertz CT molecular complexity index is 1180. The minimum Gasteiger partial charge on any atom is -0.496 e. The number of benzene rings is 1. The Morgan fingerprint density at radius 2 is 2.12 bits per heavy atom. The fourth-order valence-electron chi connectivity index (χ4n) is 2.88. The minimum absolute atomic E-state index is 0.310. The predicted molar refractivity (Wildman–Crippen MR) is 97.5 cm³/mol. The van der Waals surface area contributed by atoms with Gasteiger partial charge in [0, 0.05) is 11.6 Å². The van der Waals surface area contributed by atoms with Crippen LogP contribution >= 0.6 is 11.6 Å². The number of methoxy groups -OCH3 is 1. The molecule has 3 aromatic heterocycles. The summed E-state index contributed by atoms with van der Waals surface area (Å²) < 4.78 is 12.4. The monoisotopic (exact) mass is 371 g/mol. The SMILES string of the molecule is CCOc1ncnc2[nH]c(=O)n(-c3cc(Cl)c4nccc(OC)c4c3)c12. The minimum atomic E-state index is -0.375. The van der Waals surface area contributed by atoms with Gasteiger partial charge < -0.3 is 9.47 Å². The van der Waals surface area contributed by atoms with Crippen molar-refractivity contribution in [2.45, 2.75) is 6.92 Å². The van der Waals surface area contributed by atoms with Crippen LogP contribution in [0.15, 0.2) is 35.5 Å². The fraction of sp³-hybridized carbons (Fsp3) is 0.176. The van der Waals surface area contributed by atoms with Crippen LogP contribution in [-0.2, 0) is 0 Å². The summed E-state index contributed by atoms with van der Waals surface area (Å²) in [6, 6.07) is 5.17. The van der Waals surface area contributed by atoms with Gasteiger partial charge in [0.25, 0.3) is 0 Å². The predicted octanol–water partition coefficient (Wildman–Crippen LogP) is 2.72. The van der Waals surface area contributed by atoms with E-state index in [1.807, 2.05) is 6.92 Å². The number of nitrogens with zero attached hydrogens (tertiary/aromatic N) is 4. The molecule has 132 valence electrons. The van der Waals surface area contributed by atoms with E-state index >= 15 is 0 Å². The van der Waals surface area contributed by atoms with Crippen LogP contribution in [-0.4, -0.2) is 38.2 Å². The molecule has 8 nitrogen and oxygen atoms in total. The van der Waals surface area contributed by atoms with Crippen LogP contribution in [0.25, 0.3) is 27.8 Å². The maximum absolute atomic E-state index is 12.6. The number of hydrogen-bond donors (Lipinski definition) is 1. The summed E-state index contributed by atoms with van der Waals surface area (Å²) in [5.74, 6) is 0.915. The average Bonchev–Trinajstić information content (AvgIpc) is 2.98. The molecule has 1 N–H and O–H groups in total. The maximum atomic E-state index is 12.6. The topological polar surface area (TPSA) is 94.9 Å². The molecule has 0 saturated carbocycles. The van der Waals surface area contributed by atoms with Gasteiger partial charge in [-0.15, -0.1) is 0 Å². The molecule has 9 heteroatoms. The van der Waals surface area contributed by atoms with E-state index in [9.17, 15) is 4.79 Å². The van der Waals surface area contributed by atoms with Gasteiger partial charge in [0.15, 0.2) is 11.2 Å². The smallest absolute Gasteiger partial charge is 0.332 e.